The standard InChI is InChI=1S/C35H19N3O/c1-2-9-21-20(8-1)15-16-22-25-17-18-29-38-34(25)37-32(30(21)22)23-10-3-4-11-24(23)33(37)35(38)31-26(12-7-14-28(31)39-29)27-13-5-6-19-36(27)35/h1-19H/q+2. The van der Waals surface area contributed by atoms with Crippen LogP contribution in [0.5, 0.6) is 11.6 Å². The maximum Gasteiger partial charge on any atom is 0.407 e. The first-order valence-electron chi connectivity index (χ1n) is 13.5. The summed E-state index contributed by atoms with van der Waals surface area (Å²) in [6.07, 6.45) is 2.25. The molecule has 4 aromatic carbocycles. The molecular weight excluding hydrogens is 478 g/mol. The third kappa shape index (κ3) is 1.79. The molecule has 39 heavy (non-hydrogen) atoms. The van der Waals surface area contributed by atoms with E-state index in [1.165, 1.54) is 71.4 Å². The normalized spacial score (nSPS) is 17.5. The van der Waals surface area contributed by atoms with E-state index >= 15 is 0 Å². The van der Waals surface area contributed by atoms with Crippen molar-refractivity contribution in [2.24, 2.45) is 0 Å². The summed E-state index contributed by atoms with van der Waals surface area (Å²) in [6.45, 7) is 0. The van der Waals surface area contributed by atoms with E-state index in [9.17, 15) is 0 Å². The molecule has 4 heteroatoms. The quantitative estimate of drug-likeness (QED) is 0.166. The fraction of sp³-hybridized carbons (Fsp3) is 0.0286. The van der Waals surface area contributed by atoms with Gasteiger partial charge in [-0.25, -0.2) is 0 Å². The Labute approximate surface area is 222 Å². The predicted octanol–water partition coefficient (Wildman–Crippen LogP) is 6.82. The van der Waals surface area contributed by atoms with Crippen LogP contribution in [0, 0.1) is 0 Å². The van der Waals surface area contributed by atoms with E-state index in [4.69, 9.17) is 4.74 Å². The fourth-order valence-electron chi connectivity index (χ4n) is 8.08. The minimum atomic E-state index is -0.586. The summed E-state index contributed by atoms with van der Waals surface area (Å²) in [5.74, 6) is 1.79. The Bertz CT molecular complexity index is 2490. The second kappa shape index (κ2) is 5.92. The lowest BCUT2D eigenvalue weighted by Crippen LogP contribution is -2.72. The Kier molecular flexibility index (Phi) is 2.87. The van der Waals surface area contributed by atoms with Crippen molar-refractivity contribution in [1.82, 2.24) is 4.40 Å². The van der Waals surface area contributed by atoms with Crippen molar-refractivity contribution in [3.8, 4) is 22.9 Å². The van der Waals surface area contributed by atoms with Gasteiger partial charge in [-0.1, -0.05) is 54.6 Å². The average molecular weight is 498 g/mol. The molecule has 0 saturated heterocycles. The van der Waals surface area contributed by atoms with Crippen molar-refractivity contribution >= 4 is 48.9 Å². The molecule has 0 aliphatic carbocycles. The van der Waals surface area contributed by atoms with Crippen molar-refractivity contribution < 1.29 is 13.9 Å². The molecule has 0 amide bonds. The van der Waals surface area contributed by atoms with Gasteiger partial charge in [-0.15, -0.1) is 9.13 Å². The molecule has 3 aliphatic heterocycles. The van der Waals surface area contributed by atoms with E-state index in [0.717, 1.165) is 11.6 Å². The third-order valence-corrected chi connectivity index (χ3v) is 9.35. The number of fused-ring (bicyclic) bond motifs is 10. The number of benzene rings is 4. The maximum absolute atomic E-state index is 6.71. The van der Waals surface area contributed by atoms with E-state index in [-0.39, 0.29) is 0 Å². The lowest BCUT2D eigenvalue weighted by atomic mass is 9.90. The highest BCUT2D eigenvalue weighted by molar-refractivity contribution is 6.27. The van der Waals surface area contributed by atoms with Gasteiger partial charge in [-0.05, 0) is 47.2 Å². The van der Waals surface area contributed by atoms with Crippen LogP contribution in [0.4, 0.5) is 0 Å². The van der Waals surface area contributed by atoms with Crippen molar-refractivity contribution in [1.29, 1.82) is 0 Å². The lowest BCUT2D eigenvalue weighted by molar-refractivity contribution is -0.952. The second-order valence-corrected chi connectivity index (χ2v) is 10.9. The molecule has 0 bridgehead atoms. The van der Waals surface area contributed by atoms with E-state index in [0.29, 0.717) is 0 Å². The van der Waals surface area contributed by atoms with Crippen LogP contribution in [-0.4, -0.2) is 4.40 Å². The lowest BCUT2D eigenvalue weighted by Gasteiger charge is -2.26. The van der Waals surface area contributed by atoms with Gasteiger partial charge in [0.1, 0.15) is 16.8 Å². The predicted molar refractivity (Wildman–Crippen MR) is 151 cm³/mol. The van der Waals surface area contributed by atoms with Crippen LogP contribution in [0.25, 0.3) is 60.1 Å². The highest BCUT2D eigenvalue weighted by atomic mass is 16.5. The molecule has 0 radical (unpaired) electrons. The zero-order valence-electron chi connectivity index (χ0n) is 20.7. The summed E-state index contributed by atoms with van der Waals surface area (Å²) >= 11 is 0. The summed E-state index contributed by atoms with van der Waals surface area (Å²) in [5.41, 5.74) is 6.80. The first-order valence-corrected chi connectivity index (χ1v) is 13.5. The first-order chi connectivity index (χ1) is 19.4. The third-order valence-electron chi connectivity index (χ3n) is 9.35. The zero-order valence-corrected chi connectivity index (χ0v) is 20.7. The molecule has 11 rings (SSSR count). The number of rotatable bonds is 0. The smallest absolute Gasteiger partial charge is 0.407 e. The molecule has 4 nitrogen and oxygen atoms in total. The number of hydrogen-bond acceptors (Lipinski definition) is 1. The van der Waals surface area contributed by atoms with Gasteiger partial charge < -0.3 is 4.74 Å². The minimum Gasteiger partial charge on any atom is -0.422 e. The summed E-state index contributed by atoms with van der Waals surface area (Å²) in [7, 11) is 0. The molecule has 178 valence electrons. The highest BCUT2D eigenvalue weighted by Gasteiger charge is 2.70. The zero-order chi connectivity index (χ0) is 25.0. The number of nitrogens with zero attached hydrogens (tertiary/aromatic N) is 3. The summed E-state index contributed by atoms with van der Waals surface area (Å²) in [6, 6.07) is 39.8. The molecular formula is C35H19N3O+2. The molecule has 1 atom stereocenters. The van der Waals surface area contributed by atoms with Crippen LogP contribution >= 0.6 is 0 Å². The SMILES string of the molecule is c1cc2c3c(c1)-c1cccc[n+]1C31c3c4ccccc4c4c5c6ccccc6ccc5c5ccc([n+]1c5n34)O2. The molecule has 7 heterocycles. The van der Waals surface area contributed by atoms with E-state index in [2.05, 4.69) is 129 Å². The maximum atomic E-state index is 6.71. The first kappa shape index (κ1) is 18.9. The molecule has 8 aromatic rings. The van der Waals surface area contributed by atoms with E-state index < -0.39 is 5.66 Å². The molecule has 4 aromatic heterocycles. The van der Waals surface area contributed by atoms with Crippen LogP contribution < -0.4 is 13.9 Å². The minimum absolute atomic E-state index is 0.586. The van der Waals surface area contributed by atoms with Gasteiger partial charge in [0.15, 0.2) is 6.20 Å². The molecule has 3 aliphatic rings. The van der Waals surface area contributed by atoms with Gasteiger partial charge in [-0.2, -0.15) is 4.40 Å². The van der Waals surface area contributed by atoms with Gasteiger partial charge >= 0.3 is 11.3 Å². The molecule has 0 N–H and O–H groups in total. The number of aromatic nitrogens is 3. The molecule has 0 saturated carbocycles. The van der Waals surface area contributed by atoms with Crippen LogP contribution in [0.15, 0.2) is 115 Å². The Morgan fingerprint density at radius 1 is 0.641 bits per heavy atom. The van der Waals surface area contributed by atoms with Gasteiger partial charge in [0.05, 0.1) is 10.9 Å². The number of ether oxygens (including phenoxy) is 1. The van der Waals surface area contributed by atoms with Crippen LogP contribution in [0.3, 0.4) is 0 Å². The average Bonchev–Trinajstić information content (AvgIpc) is 3.61. The Balaban J connectivity index is 1.54. The van der Waals surface area contributed by atoms with Crippen molar-refractivity contribution in [2.45, 2.75) is 5.66 Å². The van der Waals surface area contributed by atoms with Gasteiger partial charge in [0.2, 0.25) is 11.4 Å². The summed E-state index contributed by atoms with van der Waals surface area (Å²) < 4.78 is 14.2. The monoisotopic (exact) mass is 497 g/mol. The van der Waals surface area contributed by atoms with Crippen LogP contribution in [0.1, 0.15) is 11.3 Å². The Hall–Kier alpha value is -5.22. The molecule has 1 unspecified atom stereocenters. The molecule has 0 fully saturated rings. The fourth-order valence-corrected chi connectivity index (χ4v) is 8.08. The summed E-state index contributed by atoms with van der Waals surface area (Å²) in [4.78, 5) is 0. The van der Waals surface area contributed by atoms with E-state index in [1.54, 1.807) is 0 Å². The summed E-state index contributed by atoms with van der Waals surface area (Å²) in [5, 5.41) is 8.93. The van der Waals surface area contributed by atoms with Crippen molar-refractivity contribution in [3.05, 3.63) is 127 Å². The largest absolute Gasteiger partial charge is 0.422 e. The highest BCUT2D eigenvalue weighted by Crippen LogP contribution is 2.55. The number of pyridine rings is 3. The Morgan fingerprint density at radius 2 is 1.46 bits per heavy atom. The van der Waals surface area contributed by atoms with Crippen LogP contribution in [-0.2, 0) is 5.66 Å². The van der Waals surface area contributed by atoms with Gasteiger partial charge in [0.25, 0.3) is 5.88 Å². The second-order valence-electron chi connectivity index (χ2n) is 10.9. The van der Waals surface area contributed by atoms with E-state index in [1.807, 2.05) is 0 Å². The number of hydrogen-bond donors (Lipinski definition) is 0. The van der Waals surface area contributed by atoms with Crippen molar-refractivity contribution in [3.63, 3.8) is 0 Å². The Morgan fingerprint density at radius 3 is 2.41 bits per heavy atom. The van der Waals surface area contributed by atoms with Crippen LogP contribution in [0.2, 0.25) is 0 Å². The molecule has 1 spiro atoms. The van der Waals surface area contributed by atoms with Gasteiger partial charge in [0, 0.05) is 39.7 Å². The van der Waals surface area contributed by atoms with Crippen molar-refractivity contribution in [2.75, 3.05) is 0 Å². The topological polar surface area (TPSA) is 21.4 Å². The van der Waals surface area contributed by atoms with Gasteiger partial charge in [-0.3, -0.25) is 0 Å².